The number of nitrogens with zero attached hydrogens (tertiary/aromatic N) is 1. The molecule has 3 atom stereocenters. The van der Waals surface area contributed by atoms with Gasteiger partial charge in [0.1, 0.15) is 11.4 Å². The Morgan fingerprint density at radius 2 is 2.31 bits per heavy atom. The third-order valence-corrected chi connectivity index (χ3v) is 6.98. The number of hydrogen-bond acceptors (Lipinski definition) is 6. The number of aliphatic hydroxyl groups is 1. The molecular formula is C22H29NO4S2. The zero-order valence-corrected chi connectivity index (χ0v) is 18.7. The van der Waals surface area contributed by atoms with Gasteiger partial charge in [-0.1, -0.05) is 43.2 Å². The van der Waals surface area contributed by atoms with Crippen LogP contribution in [0.25, 0.3) is 0 Å². The summed E-state index contributed by atoms with van der Waals surface area (Å²) in [4.78, 5) is 27.2. The molecule has 1 aliphatic carbocycles. The van der Waals surface area contributed by atoms with Gasteiger partial charge in [-0.05, 0) is 32.1 Å². The summed E-state index contributed by atoms with van der Waals surface area (Å²) in [5.41, 5.74) is -0.967. The van der Waals surface area contributed by atoms with E-state index in [2.05, 4.69) is 29.8 Å². The molecule has 5 nitrogen and oxygen atoms in total. The third kappa shape index (κ3) is 7.96. The number of aromatic nitrogens is 1. The van der Waals surface area contributed by atoms with Crippen molar-refractivity contribution in [1.29, 1.82) is 0 Å². The van der Waals surface area contributed by atoms with Gasteiger partial charge in [0.05, 0.1) is 0 Å². The van der Waals surface area contributed by atoms with Gasteiger partial charge in [-0.25, -0.2) is 9.78 Å². The third-order valence-electron chi connectivity index (χ3n) is 4.92. The van der Waals surface area contributed by atoms with Crippen molar-refractivity contribution in [2.24, 2.45) is 11.8 Å². The highest BCUT2D eigenvalue weighted by Crippen LogP contribution is 2.35. The number of hydrogen-bond donors (Lipinski definition) is 2. The topological polar surface area (TPSA) is 87.5 Å². The molecule has 0 unspecified atom stereocenters. The summed E-state index contributed by atoms with van der Waals surface area (Å²) in [6, 6.07) is 0. The summed E-state index contributed by atoms with van der Waals surface area (Å²) in [7, 11) is 0. The number of thioether (sulfide) groups is 1. The molecule has 1 fully saturated rings. The fourth-order valence-electron chi connectivity index (χ4n) is 3.28. The van der Waals surface area contributed by atoms with Gasteiger partial charge in [0, 0.05) is 36.3 Å². The van der Waals surface area contributed by atoms with Crippen LogP contribution in [0.2, 0.25) is 0 Å². The van der Waals surface area contributed by atoms with Crippen LogP contribution < -0.4 is 0 Å². The predicted molar refractivity (Wildman–Crippen MR) is 117 cm³/mol. The number of thiazole rings is 1. The van der Waals surface area contributed by atoms with Crippen molar-refractivity contribution in [3.8, 4) is 11.8 Å². The van der Waals surface area contributed by atoms with E-state index < -0.39 is 11.6 Å². The second-order valence-electron chi connectivity index (χ2n) is 7.53. The molecule has 29 heavy (non-hydrogen) atoms. The molecule has 0 saturated heterocycles. The van der Waals surface area contributed by atoms with Gasteiger partial charge in [-0.15, -0.1) is 17.3 Å². The van der Waals surface area contributed by atoms with Crippen LogP contribution in [-0.2, 0) is 4.79 Å². The molecule has 2 N–H and O–H groups in total. The average molecular weight is 436 g/mol. The Morgan fingerprint density at radius 1 is 1.52 bits per heavy atom. The first-order valence-corrected chi connectivity index (χ1v) is 11.9. The summed E-state index contributed by atoms with van der Waals surface area (Å²) in [5, 5.41) is 20.8. The van der Waals surface area contributed by atoms with Crippen molar-refractivity contribution in [1.82, 2.24) is 4.98 Å². The van der Waals surface area contributed by atoms with Crippen LogP contribution in [0.3, 0.4) is 0 Å². The Labute approximate surface area is 181 Å². The lowest BCUT2D eigenvalue weighted by Crippen LogP contribution is -2.20. The van der Waals surface area contributed by atoms with E-state index in [1.54, 1.807) is 6.92 Å². The molecule has 0 spiro atoms. The molecule has 1 saturated carbocycles. The minimum atomic E-state index is -1.04. The van der Waals surface area contributed by atoms with Crippen LogP contribution in [0.1, 0.15) is 69.3 Å². The van der Waals surface area contributed by atoms with Gasteiger partial charge in [0.2, 0.25) is 0 Å². The van der Waals surface area contributed by atoms with E-state index in [9.17, 15) is 14.7 Å². The number of allylic oxidation sites excluding steroid dienone is 1. The minimum absolute atomic E-state index is 0.0155. The number of aromatic carboxylic acids is 1. The molecule has 1 aromatic rings. The molecule has 1 heterocycles. The fraction of sp³-hybridized carbons (Fsp3) is 0.591. The van der Waals surface area contributed by atoms with Crippen molar-refractivity contribution in [3.05, 3.63) is 23.2 Å². The minimum Gasteiger partial charge on any atom is -0.476 e. The van der Waals surface area contributed by atoms with E-state index in [1.165, 1.54) is 28.5 Å². The molecule has 2 rings (SSSR count). The number of carboxylic acid groups (broad SMARTS) is 1. The first-order chi connectivity index (χ1) is 13.8. The van der Waals surface area contributed by atoms with Crippen LogP contribution >= 0.6 is 23.1 Å². The molecular weight excluding hydrogens is 406 g/mol. The first-order valence-electron chi connectivity index (χ1n) is 10.1. The Balaban J connectivity index is 1.83. The first kappa shape index (κ1) is 23.7. The second kappa shape index (κ2) is 11.5. The van der Waals surface area contributed by atoms with Crippen molar-refractivity contribution < 1.29 is 19.8 Å². The SMILES string of the molecule is CCCCC#C[C@](C)(O)CC=C[C@H]1CCC(=O)[C@@H]1CCSc1nc(C(=O)O)cs1. The lowest BCUT2D eigenvalue weighted by atomic mass is 9.91. The Morgan fingerprint density at radius 3 is 3.00 bits per heavy atom. The van der Waals surface area contributed by atoms with Crippen LogP contribution in [-0.4, -0.2) is 38.3 Å². The maximum atomic E-state index is 12.3. The van der Waals surface area contributed by atoms with Crippen LogP contribution in [0.5, 0.6) is 0 Å². The summed E-state index contributed by atoms with van der Waals surface area (Å²) in [6.07, 6.45) is 9.60. The van der Waals surface area contributed by atoms with Crippen molar-refractivity contribution in [2.45, 2.75) is 68.7 Å². The Kier molecular flexibility index (Phi) is 9.41. The second-order valence-corrected chi connectivity index (χ2v) is 9.73. The number of carboxylic acids is 1. The van der Waals surface area contributed by atoms with E-state index in [-0.39, 0.29) is 23.3 Å². The van der Waals surface area contributed by atoms with Crippen molar-refractivity contribution in [2.75, 3.05) is 5.75 Å². The molecule has 158 valence electrons. The number of Topliss-reactive ketones (excluding diaryl/α,β-unsaturated/α-hetero) is 1. The highest BCUT2D eigenvalue weighted by Gasteiger charge is 2.32. The highest BCUT2D eigenvalue weighted by molar-refractivity contribution is 8.01. The molecule has 0 aromatic carbocycles. The number of ketones is 1. The van der Waals surface area contributed by atoms with E-state index in [4.69, 9.17) is 5.11 Å². The molecule has 1 aromatic heterocycles. The van der Waals surface area contributed by atoms with Gasteiger partial charge in [0.25, 0.3) is 0 Å². The summed E-state index contributed by atoms with van der Waals surface area (Å²) >= 11 is 2.82. The van der Waals surface area contributed by atoms with Crippen LogP contribution in [0.15, 0.2) is 21.9 Å². The Bertz CT molecular complexity index is 788. The predicted octanol–water partition coefficient (Wildman–Crippen LogP) is 4.81. The number of rotatable bonds is 10. The van der Waals surface area contributed by atoms with Crippen molar-refractivity contribution in [3.63, 3.8) is 0 Å². The Hall–Kier alpha value is -1.62. The lowest BCUT2D eigenvalue weighted by molar-refractivity contribution is -0.121. The van der Waals surface area contributed by atoms with Gasteiger partial charge < -0.3 is 10.2 Å². The molecule has 7 heteroatoms. The van der Waals surface area contributed by atoms with Gasteiger partial charge >= 0.3 is 5.97 Å². The van der Waals surface area contributed by atoms with E-state index in [0.29, 0.717) is 12.8 Å². The highest BCUT2D eigenvalue weighted by atomic mass is 32.2. The van der Waals surface area contributed by atoms with Gasteiger partial charge in [-0.2, -0.15) is 0 Å². The van der Waals surface area contributed by atoms with Crippen molar-refractivity contribution >= 4 is 34.9 Å². The molecule has 0 radical (unpaired) electrons. The van der Waals surface area contributed by atoms with E-state index in [0.717, 1.165) is 42.2 Å². The maximum absolute atomic E-state index is 12.3. The quantitative estimate of drug-likeness (QED) is 0.237. The fourth-order valence-corrected chi connectivity index (χ4v) is 5.17. The molecule has 0 amide bonds. The molecule has 0 aliphatic heterocycles. The molecule has 0 bridgehead atoms. The van der Waals surface area contributed by atoms with Crippen LogP contribution in [0.4, 0.5) is 0 Å². The zero-order chi connectivity index (χ0) is 21.3. The maximum Gasteiger partial charge on any atom is 0.355 e. The van der Waals surface area contributed by atoms with Crippen LogP contribution in [0, 0.1) is 23.7 Å². The smallest absolute Gasteiger partial charge is 0.355 e. The monoisotopic (exact) mass is 435 g/mol. The normalized spacial score (nSPS) is 21.1. The molecule has 1 aliphatic rings. The number of unbranched alkanes of at least 4 members (excludes halogenated alkanes) is 2. The van der Waals surface area contributed by atoms with E-state index >= 15 is 0 Å². The largest absolute Gasteiger partial charge is 0.476 e. The van der Waals surface area contributed by atoms with Gasteiger partial charge in [-0.3, -0.25) is 4.79 Å². The standard InChI is InChI=1S/C22H29NO4S2/c1-3-4-5-6-12-22(2,27)13-7-8-16-9-10-19(24)17(16)11-14-28-21-23-18(15-29-21)20(25)26/h7-8,15-17,27H,3-5,9-11,13-14H2,1-2H3,(H,25,26)/t16-,17+,22-/m0/s1. The van der Waals surface area contributed by atoms with Gasteiger partial charge in [0.15, 0.2) is 10.0 Å². The average Bonchev–Trinajstić information content (AvgIpc) is 3.27. The summed E-state index contributed by atoms with van der Waals surface area (Å²) in [6.45, 7) is 3.84. The number of carbonyl (C=O) groups excluding carboxylic acids is 1. The summed E-state index contributed by atoms with van der Waals surface area (Å²) in [5.74, 6) is 6.16. The van der Waals surface area contributed by atoms with E-state index in [1.807, 2.05) is 6.08 Å². The zero-order valence-electron chi connectivity index (χ0n) is 17.0. The number of carbonyl (C=O) groups is 2. The lowest BCUT2D eigenvalue weighted by Gasteiger charge is -2.16. The summed E-state index contributed by atoms with van der Waals surface area (Å²) < 4.78 is 0.720.